The molecule has 17 heavy (non-hydrogen) atoms. The first-order valence-electron chi connectivity index (χ1n) is 6.83. The maximum atomic E-state index is 12.4. The lowest BCUT2D eigenvalue weighted by molar-refractivity contribution is -0.138. The number of hydrogen-bond acceptors (Lipinski definition) is 2. The Morgan fingerprint density at radius 1 is 1.29 bits per heavy atom. The molecule has 1 aliphatic carbocycles. The van der Waals surface area contributed by atoms with Crippen molar-refractivity contribution < 1.29 is 4.79 Å². The molecular formula is C14H24N2O. The molecule has 0 saturated heterocycles. The lowest BCUT2D eigenvalue weighted by Crippen LogP contribution is -2.41. The summed E-state index contributed by atoms with van der Waals surface area (Å²) in [5.74, 6) is 0.0513. The van der Waals surface area contributed by atoms with Crippen LogP contribution in [0.3, 0.4) is 0 Å². The molecule has 0 N–H and O–H groups in total. The Bertz CT molecular complexity index is 285. The average molecular weight is 236 g/mol. The monoisotopic (exact) mass is 236 g/mol. The molecule has 3 heteroatoms. The van der Waals surface area contributed by atoms with Gasteiger partial charge in [-0.05, 0) is 19.3 Å². The van der Waals surface area contributed by atoms with Gasteiger partial charge in [0.2, 0.25) is 5.91 Å². The quantitative estimate of drug-likeness (QED) is 0.704. The molecular weight excluding hydrogens is 212 g/mol. The third-order valence-electron chi connectivity index (χ3n) is 3.77. The zero-order valence-corrected chi connectivity index (χ0v) is 11.2. The Morgan fingerprint density at radius 3 is 2.35 bits per heavy atom. The topological polar surface area (TPSA) is 44.1 Å². The Hall–Kier alpha value is -1.04. The predicted molar refractivity (Wildman–Crippen MR) is 68.3 cm³/mol. The molecule has 0 bridgehead atoms. The van der Waals surface area contributed by atoms with Gasteiger partial charge in [0.15, 0.2) is 0 Å². The molecule has 0 aromatic carbocycles. The molecule has 1 saturated carbocycles. The van der Waals surface area contributed by atoms with Crippen molar-refractivity contribution >= 4 is 5.91 Å². The Labute approximate surface area is 105 Å². The van der Waals surface area contributed by atoms with Gasteiger partial charge < -0.3 is 4.90 Å². The summed E-state index contributed by atoms with van der Waals surface area (Å²) in [5.41, 5.74) is -0.723. The van der Waals surface area contributed by atoms with Gasteiger partial charge in [0, 0.05) is 13.6 Å². The molecule has 0 spiro atoms. The van der Waals surface area contributed by atoms with Gasteiger partial charge in [0.05, 0.1) is 6.07 Å². The van der Waals surface area contributed by atoms with Crippen molar-refractivity contribution in [3.8, 4) is 6.07 Å². The number of rotatable bonds is 4. The summed E-state index contributed by atoms with van der Waals surface area (Å²) in [5, 5.41) is 9.41. The van der Waals surface area contributed by atoms with Crippen LogP contribution < -0.4 is 0 Å². The highest BCUT2D eigenvalue weighted by Gasteiger charge is 2.40. The van der Waals surface area contributed by atoms with Crippen LogP contribution in [0.2, 0.25) is 0 Å². The number of carbonyl (C=O) groups is 1. The molecule has 0 radical (unpaired) electrons. The van der Waals surface area contributed by atoms with E-state index in [0.29, 0.717) is 0 Å². The van der Waals surface area contributed by atoms with Crippen molar-refractivity contribution in [2.75, 3.05) is 13.6 Å². The zero-order valence-electron chi connectivity index (χ0n) is 11.2. The largest absolute Gasteiger partial charge is 0.344 e. The van der Waals surface area contributed by atoms with Gasteiger partial charge in [-0.2, -0.15) is 5.26 Å². The maximum absolute atomic E-state index is 12.4. The summed E-state index contributed by atoms with van der Waals surface area (Å²) >= 11 is 0. The van der Waals surface area contributed by atoms with Gasteiger partial charge >= 0.3 is 0 Å². The van der Waals surface area contributed by atoms with Crippen LogP contribution in [0.15, 0.2) is 0 Å². The average Bonchev–Trinajstić information content (AvgIpc) is 2.61. The molecule has 0 aromatic rings. The highest BCUT2D eigenvalue weighted by atomic mass is 16.2. The van der Waals surface area contributed by atoms with E-state index in [1.165, 1.54) is 0 Å². The van der Waals surface area contributed by atoms with E-state index in [-0.39, 0.29) is 5.91 Å². The van der Waals surface area contributed by atoms with Crippen LogP contribution in [-0.2, 0) is 4.79 Å². The van der Waals surface area contributed by atoms with Crippen molar-refractivity contribution in [2.24, 2.45) is 5.41 Å². The molecule has 0 aromatic heterocycles. The fourth-order valence-electron chi connectivity index (χ4n) is 2.57. The van der Waals surface area contributed by atoms with Crippen LogP contribution >= 0.6 is 0 Å². The predicted octanol–water partition coefficient (Wildman–Crippen LogP) is 3.11. The highest BCUT2D eigenvalue weighted by Crippen LogP contribution is 2.36. The molecule has 96 valence electrons. The minimum atomic E-state index is -0.723. The molecule has 1 fully saturated rings. The fraction of sp³-hybridized carbons (Fsp3) is 0.857. The van der Waals surface area contributed by atoms with E-state index in [0.717, 1.165) is 57.9 Å². The molecule has 0 aliphatic heterocycles. The van der Waals surface area contributed by atoms with Gasteiger partial charge in [0.1, 0.15) is 5.41 Å². The zero-order chi connectivity index (χ0) is 12.7. The van der Waals surface area contributed by atoms with Crippen LogP contribution in [0, 0.1) is 16.7 Å². The van der Waals surface area contributed by atoms with Crippen LogP contribution in [0.25, 0.3) is 0 Å². The fourth-order valence-corrected chi connectivity index (χ4v) is 2.57. The van der Waals surface area contributed by atoms with E-state index >= 15 is 0 Å². The second-order valence-corrected chi connectivity index (χ2v) is 5.19. The second kappa shape index (κ2) is 6.64. The van der Waals surface area contributed by atoms with Gasteiger partial charge in [-0.15, -0.1) is 0 Å². The van der Waals surface area contributed by atoms with Gasteiger partial charge in [-0.25, -0.2) is 0 Å². The van der Waals surface area contributed by atoms with E-state index in [1.54, 1.807) is 4.90 Å². The second-order valence-electron chi connectivity index (χ2n) is 5.19. The Balaban J connectivity index is 2.70. The van der Waals surface area contributed by atoms with Gasteiger partial charge in [-0.3, -0.25) is 4.79 Å². The molecule has 1 rings (SSSR count). The molecule has 1 aliphatic rings. The number of nitrogens with zero attached hydrogens (tertiary/aromatic N) is 2. The minimum absolute atomic E-state index is 0.0513. The Kier molecular flexibility index (Phi) is 5.47. The van der Waals surface area contributed by atoms with E-state index < -0.39 is 5.41 Å². The Morgan fingerprint density at radius 2 is 1.88 bits per heavy atom. The van der Waals surface area contributed by atoms with Crippen molar-refractivity contribution in [2.45, 2.75) is 58.3 Å². The third kappa shape index (κ3) is 3.46. The first-order chi connectivity index (χ1) is 8.16. The summed E-state index contributed by atoms with van der Waals surface area (Å²) in [6.07, 6.45) is 7.95. The van der Waals surface area contributed by atoms with Crippen molar-refractivity contribution in [3.63, 3.8) is 0 Å². The smallest absolute Gasteiger partial charge is 0.242 e. The lowest BCUT2D eigenvalue weighted by atomic mass is 9.80. The molecule has 1 amide bonds. The van der Waals surface area contributed by atoms with E-state index in [9.17, 15) is 10.1 Å². The number of unbranched alkanes of at least 4 members (excludes halogenated alkanes) is 1. The van der Waals surface area contributed by atoms with Crippen LogP contribution in [-0.4, -0.2) is 24.4 Å². The highest BCUT2D eigenvalue weighted by molar-refractivity contribution is 5.85. The minimum Gasteiger partial charge on any atom is -0.344 e. The van der Waals surface area contributed by atoms with E-state index in [4.69, 9.17) is 0 Å². The third-order valence-corrected chi connectivity index (χ3v) is 3.77. The molecule has 0 atom stereocenters. The van der Waals surface area contributed by atoms with E-state index in [1.807, 2.05) is 7.05 Å². The van der Waals surface area contributed by atoms with Crippen LogP contribution in [0.4, 0.5) is 0 Å². The number of hydrogen-bond donors (Lipinski definition) is 0. The summed E-state index contributed by atoms with van der Waals surface area (Å²) in [6, 6.07) is 2.32. The summed E-state index contributed by atoms with van der Waals surface area (Å²) in [7, 11) is 1.84. The number of carbonyl (C=O) groups excluding carboxylic acids is 1. The summed E-state index contributed by atoms with van der Waals surface area (Å²) < 4.78 is 0. The van der Waals surface area contributed by atoms with Gasteiger partial charge in [0.25, 0.3) is 0 Å². The number of nitriles is 1. The standard InChI is InChI=1S/C14H24N2O/c1-3-4-11-16(2)13(17)14(12-15)9-7-5-6-8-10-14/h3-11H2,1-2H3. The molecule has 3 nitrogen and oxygen atoms in total. The van der Waals surface area contributed by atoms with Crippen LogP contribution in [0.1, 0.15) is 58.3 Å². The van der Waals surface area contributed by atoms with Crippen LogP contribution in [0.5, 0.6) is 0 Å². The maximum Gasteiger partial charge on any atom is 0.242 e. The first-order valence-corrected chi connectivity index (χ1v) is 6.83. The van der Waals surface area contributed by atoms with E-state index in [2.05, 4.69) is 13.0 Å². The molecule has 0 heterocycles. The summed E-state index contributed by atoms with van der Waals surface area (Å²) in [4.78, 5) is 14.2. The van der Waals surface area contributed by atoms with Crippen molar-refractivity contribution in [1.29, 1.82) is 5.26 Å². The number of amides is 1. The van der Waals surface area contributed by atoms with Crippen molar-refractivity contribution in [3.05, 3.63) is 0 Å². The normalized spacial score (nSPS) is 19.1. The lowest BCUT2D eigenvalue weighted by Gasteiger charge is -2.29. The first kappa shape index (κ1) is 14.0. The molecule has 0 unspecified atom stereocenters. The van der Waals surface area contributed by atoms with Crippen molar-refractivity contribution in [1.82, 2.24) is 4.90 Å². The SMILES string of the molecule is CCCCN(C)C(=O)C1(C#N)CCCCCC1. The summed E-state index contributed by atoms with van der Waals surface area (Å²) in [6.45, 7) is 2.89. The van der Waals surface area contributed by atoms with Gasteiger partial charge in [-0.1, -0.05) is 39.0 Å².